The molecular formula is C11H17NO. The molecule has 1 aromatic carbocycles. The summed E-state index contributed by atoms with van der Waals surface area (Å²) in [6.45, 7) is 5.75. The van der Waals surface area contributed by atoms with Gasteiger partial charge in [0.1, 0.15) is 0 Å². The number of rotatable bonds is 2. The molecule has 0 bridgehead atoms. The van der Waals surface area contributed by atoms with Gasteiger partial charge in [0.2, 0.25) is 0 Å². The highest BCUT2D eigenvalue weighted by Gasteiger charge is 2.13. The number of aryl methyl sites for hydroxylation is 2. The van der Waals surface area contributed by atoms with Crippen LogP contribution in [0.2, 0.25) is 0 Å². The molecule has 2 heteroatoms. The van der Waals surface area contributed by atoms with Crippen molar-refractivity contribution in [3.05, 3.63) is 34.9 Å². The van der Waals surface area contributed by atoms with Gasteiger partial charge in [-0.15, -0.1) is 0 Å². The lowest BCUT2D eigenvalue weighted by Gasteiger charge is -2.17. The quantitative estimate of drug-likeness (QED) is 0.725. The van der Waals surface area contributed by atoms with Crippen LogP contribution in [0.4, 0.5) is 0 Å². The fraction of sp³-hybridized carbons (Fsp3) is 0.455. The Morgan fingerprint density at radius 2 is 1.92 bits per heavy atom. The van der Waals surface area contributed by atoms with Crippen LogP contribution in [0.25, 0.3) is 0 Å². The molecule has 0 aromatic heterocycles. The molecule has 0 fully saturated rings. The summed E-state index contributed by atoms with van der Waals surface area (Å²) in [5.74, 6) is 0. The third-order valence-corrected chi connectivity index (χ3v) is 2.31. The van der Waals surface area contributed by atoms with E-state index < -0.39 is 6.10 Å². The molecule has 0 aliphatic carbocycles. The van der Waals surface area contributed by atoms with E-state index in [1.54, 1.807) is 6.92 Å². The summed E-state index contributed by atoms with van der Waals surface area (Å²) in [4.78, 5) is 0. The number of aliphatic hydroxyl groups excluding tert-OH is 1. The largest absolute Gasteiger partial charge is 0.391 e. The summed E-state index contributed by atoms with van der Waals surface area (Å²) < 4.78 is 0. The Balaban J connectivity index is 3.05. The Kier molecular flexibility index (Phi) is 3.07. The standard InChI is InChI=1S/C11H17NO/c1-7-4-5-8(2)10(6-7)11(12)9(3)13/h4-6,9,11,13H,12H2,1-3H3/t9-,11-/m0/s1. The van der Waals surface area contributed by atoms with Crippen LogP contribution in [-0.4, -0.2) is 11.2 Å². The summed E-state index contributed by atoms with van der Waals surface area (Å²) in [6.07, 6.45) is -0.500. The summed E-state index contributed by atoms with van der Waals surface area (Å²) in [7, 11) is 0. The van der Waals surface area contributed by atoms with Gasteiger partial charge in [-0.2, -0.15) is 0 Å². The van der Waals surface area contributed by atoms with Crippen LogP contribution in [0, 0.1) is 13.8 Å². The SMILES string of the molecule is Cc1ccc(C)c([C@@H](N)[C@H](C)O)c1. The van der Waals surface area contributed by atoms with E-state index >= 15 is 0 Å². The van der Waals surface area contributed by atoms with Crippen LogP contribution < -0.4 is 5.73 Å². The summed E-state index contributed by atoms with van der Waals surface area (Å²) in [6, 6.07) is 5.84. The number of benzene rings is 1. The molecule has 13 heavy (non-hydrogen) atoms. The summed E-state index contributed by atoms with van der Waals surface area (Å²) in [5.41, 5.74) is 9.21. The zero-order valence-electron chi connectivity index (χ0n) is 8.41. The normalized spacial score (nSPS) is 15.5. The van der Waals surface area contributed by atoms with Crippen LogP contribution in [-0.2, 0) is 0 Å². The highest BCUT2D eigenvalue weighted by molar-refractivity contribution is 5.33. The van der Waals surface area contributed by atoms with Gasteiger partial charge in [0.15, 0.2) is 0 Å². The first-order valence-electron chi connectivity index (χ1n) is 4.53. The fourth-order valence-corrected chi connectivity index (χ4v) is 1.38. The van der Waals surface area contributed by atoms with E-state index in [4.69, 9.17) is 5.73 Å². The van der Waals surface area contributed by atoms with Crippen molar-refractivity contribution in [1.29, 1.82) is 0 Å². The van der Waals surface area contributed by atoms with Gasteiger partial charge in [-0.3, -0.25) is 0 Å². The minimum Gasteiger partial charge on any atom is -0.391 e. The molecule has 1 rings (SSSR count). The van der Waals surface area contributed by atoms with E-state index in [0.29, 0.717) is 0 Å². The van der Waals surface area contributed by atoms with E-state index in [1.807, 2.05) is 32.0 Å². The smallest absolute Gasteiger partial charge is 0.0704 e. The fourth-order valence-electron chi connectivity index (χ4n) is 1.38. The topological polar surface area (TPSA) is 46.2 Å². The van der Waals surface area contributed by atoms with Crippen molar-refractivity contribution in [2.75, 3.05) is 0 Å². The van der Waals surface area contributed by atoms with Crippen LogP contribution >= 0.6 is 0 Å². The maximum Gasteiger partial charge on any atom is 0.0704 e. The molecule has 2 atom stereocenters. The Labute approximate surface area is 79.4 Å². The second kappa shape index (κ2) is 3.90. The lowest BCUT2D eigenvalue weighted by Crippen LogP contribution is -2.24. The van der Waals surface area contributed by atoms with Crippen molar-refractivity contribution in [2.45, 2.75) is 32.9 Å². The van der Waals surface area contributed by atoms with E-state index in [9.17, 15) is 5.11 Å². The second-order valence-corrected chi connectivity index (χ2v) is 3.63. The first-order chi connectivity index (χ1) is 6.02. The van der Waals surface area contributed by atoms with Crippen molar-refractivity contribution in [2.24, 2.45) is 5.73 Å². The third-order valence-electron chi connectivity index (χ3n) is 2.31. The van der Waals surface area contributed by atoms with Gasteiger partial charge in [-0.1, -0.05) is 23.8 Å². The average molecular weight is 179 g/mol. The molecule has 2 nitrogen and oxygen atoms in total. The number of aliphatic hydroxyl groups is 1. The van der Waals surface area contributed by atoms with Gasteiger partial charge in [0, 0.05) is 0 Å². The lowest BCUT2D eigenvalue weighted by molar-refractivity contribution is 0.164. The summed E-state index contributed by atoms with van der Waals surface area (Å²) >= 11 is 0. The van der Waals surface area contributed by atoms with Crippen LogP contribution in [0.5, 0.6) is 0 Å². The average Bonchev–Trinajstić information content (AvgIpc) is 2.08. The maximum absolute atomic E-state index is 9.36. The predicted octanol–water partition coefficient (Wildman–Crippen LogP) is 1.68. The third kappa shape index (κ3) is 2.29. The van der Waals surface area contributed by atoms with Gasteiger partial charge in [0.25, 0.3) is 0 Å². The molecule has 0 heterocycles. The van der Waals surface area contributed by atoms with Gasteiger partial charge in [-0.05, 0) is 31.9 Å². The van der Waals surface area contributed by atoms with Gasteiger partial charge < -0.3 is 10.8 Å². The van der Waals surface area contributed by atoms with Crippen molar-refractivity contribution in [1.82, 2.24) is 0 Å². The highest BCUT2D eigenvalue weighted by atomic mass is 16.3. The van der Waals surface area contributed by atoms with Gasteiger partial charge in [0.05, 0.1) is 12.1 Å². The Bertz CT molecular complexity index is 294. The first-order valence-corrected chi connectivity index (χ1v) is 4.53. The number of hydrogen-bond acceptors (Lipinski definition) is 2. The minimum atomic E-state index is -0.500. The van der Waals surface area contributed by atoms with Crippen LogP contribution in [0.1, 0.15) is 29.7 Å². The predicted molar refractivity (Wildman–Crippen MR) is 54.5 cm³/mol. The number of nitrogens with two attached hydrogens (primary N) is 1. The molecule has 0 radical (unpaired) electrons. The molecule has 0 spiro atoms. The summed E-state index contributed by atoms with van der Waals surface area (Å²) in [5, 5.41) is 9.36. The minimum absolute atomic E-state index is 0.278. The molecule has 0 aliphatic rings. The molecule has 3 N–H and O–H groups in total. The van der Waals surface area contributed by atoms with Gasteiger partial charge in [-0.25, -0.2) is 0 Å². The zero-order valence-corrected chi connectivity index (χ0v) is 8.41. The molecule has 72 valence electrons. The van der Waals surface area contributed by atoms with E-state index in [-0.39, 0.29) is 6.04 Å². The zero-order chi connectivity index (χ0) is 10.0. The highest BCUT2D eigenvalue weighted by Crippen LogP contribution is 2.19. The molecule has 0 saturated carbocycles. The van der Waals surface area contributed by atoms with E-state index in [1.165, 1.54) is 5.56 Å². The Hall–Kier alpha value is -0.860. The molecule has 1 aromatic rings. The van der Waals surface area contributed by atoms with Crippen LogP contribution in [0.15, 0.2) is 18.2 Å². The molecule has 0 saturated heterocycles. The molecular weight excluding hydrogens is 162 g/mol. The van der Waals surface area contributed by atoms with Crippen molar-refractivity contribution in [3.63, 3.8) is 0 Å². The van der Waals surface area contributed by atoms with Crippen molar-refractivity contribution >= 4 is 0 Å². The Morgan fingerprint density at radius 3 is 2.46 bits per heavy atom. The van der Waals surface area contributed by atoms with E-state index in [2.05, 4.69) is 0 Å². The molecule has 0 aliphatic heterocycles. The Morgan fingerprint density at radius 1 is 1.31 bits per heavy atom. The van der Waals surface area contributed by atoms with Crippen molar-refractivity contribution in [3.8, 4) is 0 Å². The molecule has 0 unspecified atom stereocenters. The van der Waals surface area contributed by atoms with Crippen molar-refractivity contribution < 1.29 is 5.11 Å². The maximum atomic E-state index is 9.36. The number of hydrogen-bond donors (Lipinski definition) is 2. The first kappa shape index (κ1) is 10.2. The van der Waals surface area contributed by atoms with Gasteiger partial charge >= 0.3 is 0 Å². The monoisotopic (exact) mass is 179 g/mol. The second-order valence-electron chi connectivity index (χ2n) is 3.63. The van der Waals surface area contributed by atoms with Crippen LogP contribution in [0.3, 0.4) is 0 Å². The lowest BCUT2D eigenvalue weighted by atomic mass is 9.97. The molecule has 0 amide bonds. The van der Waals surface area contributed by atoms with E-state index in [0.717, 1.165) is 11.1 Å².